The molecule has 1 saturated carbocycles. The van der Waals surface area contributed by atoms with Crippen LogP contribution in [0.1, 0.15) is 68.9 Å². The summed E-state index contributed by atoms with van der Waals surface area (Å²) in [5, 5.41) is 8.49. The van der Waals surface area contributed by atoms with Crippen molar-refractivity contribution >= 4 is 0 Å². The van der Waals surface area contributed by atoms with E-state index in [2.05, 4.69) is 37.7 Å². The highest BCUT2D eigenvalue weighted by Crippen LogP contribution is 2.30. The van der Waals surface area contributed by atoms with Crippen LogP contribution in [0.4, 0.5) is 0 Å². The van der Waals surface area contributed by atoms with E-state index in [9.17, 15) is 0 Å². The van der Waals surface area contributed by atoms with E-state index in [0.717, 1.165) is 13.0 Å². The molecule has 1 fully saturated rings. The quantitative estimate of drug-likeness (QED) is 0.880. The van der Waals surface area contributed by atoms with E-state index in [0.29, 0.717) is 12.1 Å². The van der Waals surface area contributed by atoms with Gasteiger partial charge in [-0.25, -0.2) is 0 Å². The van der Waals surface area contributed by atoms with Crippen molar-refractivity contribution in [3.05, 3.63) is 17.0 Å². The number of nitrogens with zero attached hydrogens (tertiary/aromatic N) is 2. The van der Waals surface area contributed by atoms with Crippen molar-refractivity contribution in [3.63, 3.8) is 0 Å². The van der Waals surface area contributed by atoms with Gasteiger partial charge in [-0.1, -0.05) is 13.8 Å². The number of nitrogens with one attached hydrogen (secondary N) is 1. The minimum Gasteiger partial charge on any atom is -0.314 e. The largest absolute Gasteiger partial charge is 0.314 e. The zero-order valence-corrected chi connectivity index (χ0v) is 13.0. The van der Waals surface area contributed by atoms with Crippen LogP contribution in [-0.4, -0.2) is 22.4 Å². The Kier molecular flexibility index (Phi) is 5.03. The van der Waals surface area contributed by atoms with Crippen LogP contribution in [0.25, 0.3) is 0 Å². The summed E-state index contributed by atoms with van der Waals surface area (Å²) in [4.78, 5) is 0. The Morgan fingerprint density at radius 3 is 2.68 bits per heavy atom. The van der Waals surface area contributed by atoms with Gasteiger partial charge in [0.2, 0.25) is 0 Å². The van der Waals surface area contributed by atoms with Crippen LogP contribution in [0.15, 0.2) is 0 Å². The fourth-order valence-electron chi connectivity index (χ4n) is 3.48. The molecule has 1 aromatic heterocycles. The number of hydrogen-bond acceptors (Lipinski definition) is 2. The number of aryl methyl sites for hydroxylation is 1. The predicted octanol–water partition coefficient (Wildman–Crippen LogP) is 3.55. The molecule has 1 heterocycles. The van der Waals surface area contributed by atoms with Crippen molar-refractivity contribution in [2.24, 2.45) is 0 Å². The van der Waals surface area contributed by atoms with E-state index in [-0.39, 0.29) is 0 Å². The van der Waals surface area contributed by atoms with Gasteiger partial charge in [0.05, 0.1) is 11.7 Å². The lowest BCUT2D eigenvalue weighted by Gasteiger charge is -2.30. The lowest BCUT2D eigenvalue weighted by molar-refractivity contribution is 0.267. The summed E-state index contributed by atoms with van der Waals surface area (Å²) in [6, 6.07) is 1.29. The predicted molar refractivity (Wildman–Crippen MR) is 80.7 cm³/mol. The second kappa shape index (κ2) is 6.56. The molecule has 1 aromatic rings. The second-order valence-electron chi connectivity index (χ2n) is 5.92. The molecule has 3 heteroatoms. The van der Waals surface area contributed by atoms with Gasteiger partial charge in [-0.2, -0.15) is 5.10 Å². The highest BCUT2D eigenvalue weighted by molar-refractivity contribution is 5.24. The van der Waals surface area contributed by atoms with Gasteiger partial charge < -0.3 is 5.32 Å². The average molecular weight is 263 g/mol. The van der Waals surface area contributed by atoms with Crippen LogP contribution in [0.5, 0.6) is 0 Å². The molecule has 2 atom stereocenters. The smallest absolute Gasteiger partial charge is 0.0628 e. The summed E-state index contributed by atoms with van der Waals surface area (Å²) < 4.78 is 2.31. The Morgan fingerprint density at radius 1 is 1.26 bits per heavy atom. The fourth-order valence-corrected chi connectivity index (χ4v) is 3.48. The van der Waals surface area contributed by atoms with Crippen molar-refractivity contribution in [1.29, 1.82) is 0 Å². The zero-order chi connectivity index (χ0) is 13.8. The molecule has 108 valence electrons. The van der Waals surface area contributed by atoms with Crippen LogP contribution >= 0.6 is 0 Å². The molecular weight excluding hydrogens is 234 g/mol. The van der Waals surface area contributed by atoms with Gasteiger partial charge in [0.15, 0.2) is 0 Å². The van der Waals surface area contributed by atoms with Crippen molar-refractivity contribution in [1.82, 2.24) is 15.1 Å². The molecule has 0 bridgehead atoms. The number of rotatable bonds is 5. The van der Waals surface area contributed by atoms with Crippen molar-refractivity contribution in [3.8, 4) is 0 Å². The molecule has 0 aliphatic heterocycles. The van der Waals surface area contributed by atoms with Gasteiger partial charge in [0, 0.05) is 11.7 Å². The van der Waals surface area contributed by atoms with E-state index in [1.54, 1.807) is 0 Å². The Morgan fingerprint density at radius 2 is 2.05 bits per heavy atom. The topological polar surface area (TPSA) is 29.9 Å². The van der Waals surface area contributed by atoms with E-state index in [4.69, 9.17) is 5.10 Å². The lowest BCUT2D eigenvalue weighted by atomic mass is 9.90. The van der Waals surface area contributed by atoms with E-state index in [1.165, 1.54) is 49.1 Å². The Balaban J connectivity index is 2.08. The van der Waals surface area contributed by atoms with E-state index >= 15 is 0 Å². The van der Waals surface area contributed by atoms with Gasteiger partial charge in [-0.05, 0) is 64.5 Å². The third-order valence-corrected chi connectivity index (χ3v) is 4.50. The molecule has 3 nitrogen and oxygen atoms in total. The van der Waals surface area contributed by atoms with Gasteiger partial charge >= 0.3 is 0 Å². The molecule has 2 rings (SSSR count). The molecule has 1 aliphatic carbocycles. The number of aromatic nitrogens is 2. The molecule has 2 unspecified atom stereocenters. The maximum absolute atomic E-state index is 4.81. The van der Waals surface area contributed by atoms with Gasteiger partial charge in [-0.3, -0.25) is 4.68 Å². The SMILES string of the molecule is CCCNC1CCCC(n2nc(C)c(CC)c2C)C1. The van der Waals surface area contributed by atoms with E-state index < -0.39 is 0 Å². The first kappa shape index (κ1) is 14.6. The van der Waals surface area contributed by atoms with E-state index in [1.807, 2.05) is 0 Å². The Bertz CT molecular complexity index is 408. The summed E-state index contributed by atoms with van der Waals surface area (Å²) in [5.74, 6) is 0. The molecule has 0 saturated heterocycles. The first-order chi connectivity index (χ1) is 9.17. The summed E-state index contributed by atoms with van der Waals surface area (Å²) in [7, 11) is 0. The third-order valence-electron chi connectivity index (χ3n) is 4.50. The lowest BCUT2D eigenvalue weighted by Crippen LogP contribution is -2.35. The van der Waals surface area contributed by atoms with Crippen molar-refractivity contribution in [2.75, 3.05) is 6.54 Å². The summed E-state index contributed by atoms with van der Waals surface area (Å²) in [5.41, 5.74) is 4.06. The summed E-state index contributed by atoms with van der Waals surface area (Å²) >= 11 is 0. The molecule has 1 aliphatic rings. The molecule has 0 spiro atoms. The zero-order valence-electron chi connectivity index (χ0n) is 13.0. The standard InChI is InChI=1S/C16H29N3/c1-5-10-17-14-8-7-9-15(11-14)19-13(4)16(6-2)12(3)18-19/h14-15,17H,5-11H2,1-4H3. The maximum Gasteiger partial charge on any atom is 0.0628 e. The highest BCUT2D eigenvalue weighted by atomic mass is 15.3. The van der Waals surface area contributed by atoms with Gasteiger partial charge in [0.1, 0.15) is 0 Å². The first-order valence-electron chi connectivity index (χ1n) is 7.95. The molecule has 1 N–H and O–H groups in total. The minimum atomic E-state index is 0.599. The number of hydrogen-bond donors (Lipinski definition) is 1. The minimum absolute atomic E-state index is 0.599. The Hall–Kier alpha value is -0.830. The molecule has 19 heavy (non-hydrogen) atoms. The van der Waals surface area contributed by atoms with Crippen LogP contribution in [0.2, 0.25) is 0 Å². The van der Waals surface area contributed by atoms with Gasteiger partial charge in [-0.15, -0.1) is 0 Å². The molecule has 0 aromatic carbocycles. The highest BCUT2D eigenvalue weighted by Gasteiger charge is 2.25. The molecular formula is C16H29N3. The van der Waals surface area contributed by atoms with Crippen molar-refractivity contribution < 1.29 is 0 Å². The van der Waals surface area contributed by atoms with Crippen molar-refractivity contribution in [2.45, 2.75) is 78.3 Å². The normalized spacial score (nSPS) is 23.8. The first-order valence-corrected chi connectivity index (χ1v) is 7.95. The second-order valence-corrected chi connectivity index (χ2v) is 5.92. The van der Waals surface area contributed by atoms with Crippen LogP contribution in [0.3, 0.4) is 0 Å². The fraction of sp³-hybridized carbons (Fsp3) is 0.812. The summed E-state index contributed by atoms with van der Waals surface area (Å²) in [6.45, 7) is 10.0. The monoisotopic (exact) mass is 263 g/mol. The molecule has 0 radical (unpaired) electrons. The summed E-state index contributed by atoms with van der Waals surface area (Å²) in [6.07, 6.45) is 7.51. The van der Waals surface area contributed by atoms with Crippen LogP contribution < -0.4 is 5.32 Å². The van der Waals surface area contributed by atoms with Crippen LogP contribution in [0, 0.1) is 13.8 Å². The Labute approximate surface area is 117 Å². The van der Waals surface area contributed by atoms with Gasteiger partial charge in [0.25, 0.3) is 0 Å². The van der Waals surface area contributed by atoms with Crippen LogP contribution in [-0.2, 0) is 6.42 Å². The maximum atomic E-state index is 4.81. The third kappa shape index (κ3) is 3.19. The average Bonchev–Trinajstić information content (AvgIpc) is 2.71. The molecule has 0 amide bonds.